The van der Waals surface area contributed by atoms with Crippen molar-refractivity contribution in [2.24, 2.45) is 0 Å². The van der Waals surface area contributed by atoms with Crippen molar-refractivity contribution in [2.75, 3.05) is 50.8 Å². The van der Waals surface area contributed by atoms with Gasteiger partial charge in [0.2, 0.25) is 5.88 Å². The molecule has 0 aliphatic carbocycles. The van der Waals surface area contributed by atoms with Crippen LogP contribution in [0.1, 0.15) is 34.1 Å². The largest absolute Gasteiger partial charge is 0.492 e. The van der Waals surface area contributed by atoms with E-state index in [0.717, 1.165) is 43.1 Å². The van der Waals surface area contributed by atoms with Gasteiger partial charge in [-0.25, -0.2) is 0 Å². The van der Waals surface area contributed by atoms with Crippen molar-refractivity contribution in [1.82, 2.24) is 20.1 Å². The van der Waals surface area contributed by atoms with E-state index in [-0.39, 0.29) is 22.4 Å². The number of alkyl halides is 6. The maximum absolute atomic E-state index is 14.0. The predicted octanol–water partition coefficient (Wildman–Crippen LogP) is 6.51. The molecular formula is C28H27F6N5O2S. The van der Waals surface area contributed by atoms with Gasteiger partial charge in [-0.05, 0) is 48.4 Å². The first kappa shape index (κ1) is 29.9. The van der Waals surface area contributed by atoms with E-state index in [0.29, 0.717) is 54.0 Å². The molecule has 3 heterocycles. The summed E-state index contributed by atoms with van der Waals surface area (Å²) in [5.74, 6) is -0.382. The number of hydrogen-bond acceptors (Lipinski definition) is 7. The minimum atomic E-state index is -5.06. The first-order valence-electron chi connectivity index (χ1n) is 13.1. The first-order valence-corrected chi connectivity index (χ1v) is 13.9. The van der Waals surface area contributed by atoms with Gasteiger partial charge in [0.05, 0.1) is 29.4 Å². The van der Waals surface area contributed by atoms with E-state index in [1.165, 1.54) is 0 Å². The van der Waals surface area contributed by atoms with Crippen molar-refractivity contribution in [1.29, 1.82) is 0 Å². The molecule has 0 bridgehead atoms. The topological polar surface area (TPSA) is 77.5 Å². The molecule has 1 fully saturated rings. The molecule has 2 aromatic heterocycles. The molecule has 5 rings (SSSR count). The van der Waals surface area contributed by atoms with Crippen LogP contribution in [0.4, 0.5) is 31.5 Å². The number of halogens is 6. The summed E-state index contributed by atoms with van der Waals surface area (Å²) in [6.45, 7) is 6.70. The molecule has 0 amide bonds. The third-order valence-electron chi connectivity index (χ3n) is 6.98. The number of nitrogens with zero attached hydrogens (tertiary/aromatic N) is 4. The Kier molecular flexibility index (Phi) is 8.49. The number of fused-ring (bicyclic) bond motifs is 1. The molecule has 1 aliphatic heterocycles. The fourth-order valence-corrected chi connectivity index (χ4v) is 5.81. The molecule has 4 aromatic rings. The molecule has 0 unspecified atom stereocenters. The zero-order valence-electron chi connectivity index (χ0n) is 22.4. The lowest BCUT2D eigenvalue weighted by Crippen LogP contribution is -2.47. The number of benzene rings is 2. The number of aromatic amines is 1. The van der Waals surface area contributed by atoms with Gasteiger partial charge in [-0.3, -0.25) is 10.00 Å². The SMILES string of the molecule is CCOCCN1CCN(c2nc(O)c(C(=Cc3ccc(C(F)(F)F)cc3C(F)(F)F)c3ccc4[nH]ncc4c3)s2)CC1. The Morgan fingerprint density at radius 3 is 2.50 bits per heavy atom. The molecule has 0 saturated carbocycles. The summed E-state index contributed by atoms with van der Waals surface area (Å²) in [5, 5.41) is 18.9. The second-order valence-electron chi connectivity index (χ2n) is 9.70. The highest BCUT2D eigenvalue weighted by Gasteiger charge is 2.38. The van der Waals surface area contributed by atoms with Crippen LogP contribution in [0.2, 0.25) is 0 Å². The van der Waals surface area contributed by atoms with Crippen LogP contribution in [-0.4, -0.2) is 71.1 Å². The highest BCUT2D eigenvalue weighted by atomic mass is 32.1. The van der Waals surface area contributed by atoms with E-state index < -0.39 is 29.0 Å². The zero-order chi connectivity index (χ0) is 30.1. The summed E-state index contributed by atoms with van der Waals surface area (Å²) >= 11 is 1.11. The second-order valence-corrected chi connectivity index (χ2v) is 10.7. The van der Waals surface area contributed by atoms with Gasteiger partial charge in [0.1, 0.15) is 4.88 Å². The molecule has 2 N–H and O–H groups in total. The minimum Gasteiger partial charge on any atom is -0.492 e. The second kappa shape index (κ2) is 11.9. The number of hydrogen-bond donors (Lipinski definition) is 2. The summed E-state index contributed by atoms with van der Waals surface area (Å²) < 4.78 is 87.3. The fraction of sp³-hybridized carbons (Fsp3) is 0.357. The van der Waals surface area contributed by atoms with Gasteiger partial charge in [0.15, 0.2) is 5.13 Å². The van der Waals surface area contributed by atoms with E-state index in [1.54, 1.807) is 24.4 Å². The third kappa shape index (κ3) is 6.55. The van der Waals surface area contributed by atoms with Crippen molar-refractivity contribution in [2.45, 2.75) is 19.3 Å². The minimum absolute atomic E-state index is 0.103. The number of aromatic hydroxyl groups is 1. The predicted molar refractivity (Wildman–Crippen MR) is 148 cm³/mol. The van der Waals surface area contributed by atoms with Crippen molar-refractivity contribution < 1.29 is 36.2 Å². The Morgan fingerprint density at radius 2 is 1.81 bits per heavy atom. The van der Waals surface area contributed by atoms with Crippen molar-refractivity contribution >= 4 is 39.0 Å². The van der Waals surface area contributed by atoms with Crippen molar-refractivity contribution in [3.63, 3.8) is 0 Å². The smallest absolute Gasteiger partial charge is 0.417 e. The van der Waals surface area contributed by atoms with Crippen LogP contribution in [0, 0.1) is 0 Å². The molecule has 0 spiro atoms. The number of ether oxygens (including phenoxy) is 1. The molecule has 1 saturated heterocycles. The zero-order valence-corrected chi connectivity index (χ0v) is 23.2. The van der Waals surface area contributed by atoms with E-state index in [4.69, 9.17) is 4.74 Å². The Labute approximate surface area is 241 Å². The van der Waals surface area contributed by atoms with E-state index in [1.807, 2.05) is 11.8 Å². The number of nitrogens with one attached hydrogen (secondary N) is 1. The summed E-state index contributed by atoms with van der Waals surface area (Å²) in [6.07, 6.45) is -7.32. The van der Waals surface area contributed by atoms with E-state index >= 15 is 0 Å². The molecule has 0 radical (unpaired) electrons. The van der Waals surface area contributed by atoms with Crippen LogP contribution in [0.3, 0.4) is 0 Å². The quantitative estimate of drug-likeness (QED) is 0.134. The molecule has 7 nitrogen and oxygen atoms in total. The van der Waals surface area contributed by atoms with E-state index in [2.05, 4.69) is 20.1 Å². The Balaban J connectivity index is 1.55. The van der Waals surface area contributed by atoms with Crippen LogP contribution in [0.5, 0.6) is 5.88 Å². The average molecular weight is 612 g/mol. The summed E-state index contributed by atoms with van der Waals surface area (Å²) in [4.78, 5) is 8.75. The van der Waals surface area contributed by atoms with Gasteiger partial charge < -0.3 is 14.7 Å². The summed E-state index contributed by atoms with van der Waals surface area (Å²) in [7, 11) is 0. The number of aromatic nitrogens is 3. The molecule has 42 heavy (non-hydrogen) atoms. The summed E-state index contributed by atoms with van der Waals surface area (Å²) in [5.41, 5.74) is -2.03. The normalized spacial score (nSPS) is 15.6. The molecule has 1 aliphatic rings. The van der Waals surface area contributed by atoms with Gasteiger partial charge in [0, 0.05) is 50.3 Å². The first-order chi connectivity index (χ1) is 19.9. The maximum Gasteiger partial charge on any atom is 0.417 e. The molecule has 14 heteroatoms. The number of rotatable bonds is 8. The van der Waals surface area contributed by atoms with Gasteiger partial charge in [-0.1, -0.05) is 23.5 Å². The maximum atomic E-state index is 14.0. The highest BCUT2D eigenvalue weighted by Crippen LogP contribution is 2.43. The van der Waals surface area contributed by atoms with Crippen molar-refractivity contribution in [3.8, 4) is 5.88 Å². The Bertz CT molecular complexity index is 1570. The van der Waals surface area contributed by atoms with Gasteiger partial charge in [-0.2, -0.15) is 36.4 Å². The van der Waals surface area contributed by atoms with Crippen LogP contribution >= 0.6 is 11.3 Å². The molecular weight excluding hydrogens is 584 g/mol. The average Bonchev–Trinajstić information content (AvgIpc) is 3.57. The highest BCUT2D eigenvalue weighted by molar-refractivity contribution is 7.17. The van der Waals surface area contributed by atoms with Gasteiger partial charge in [-0.15, -0.1) is 0 Å². The number of H-pyrrole nitrogens is 1. The van der Waals surface area contributed by atoms with Gasteiger partial charge >= 0.3 is 12.4 Å². The van der Waals surface area contributed by atoms with Crippen LogP contribution in [0.25, 0.3) is 22.6 Å². The lowest BCUT2D eigenvalue weighted by molar-refractivity contribution is -0.143. The lowest BCUT2D eigenvalue weighted by Gasteiger charge is -2.34. The number of thiazole rings is 1. The lowest BCUT2D eigenvalue weighted by atomic mass is 9.96. The Morgan fingerprint density at radius 1 is 1.05 bits per heavy atom. The molecule has 2 aromatic carbocycles. The van der Waals surface area contributed by atoms with Gasteiger partial charge in [0.25, 0.3) is 0 Å². The fourth-order valence-electron chi connectivity index (χ4n) is 4.76. The standard InChI is InChI=1S/C28H27F6N5O2S/c1-2-41-12-11-38-7-9-39(10-8-38)26-36-25(40)24(42-26)21(17-4-6-23-19(13-17)16-35-37-23)14-18-3-5-20(27(29,30)31)15-22(18)28(32,33)34/h3-6,13-16,40H,2,7-12H2,1H3,(H,35,37). The van der Waals surface area contributed by atoms with Crippen LogP contribution in [-0.2, 0) is 17.1 Å². The Hall–Kier alpha value is -3.62. The molecule has 224 valence electrons. The number of anilines is 1. The summed E-state index contributed by atoms with van der Waals surface area (Å²) in [6, 6.07) is 6.51. The van der Waals surface area contributed by atoms with Crippen LogP contribution in [0.15, 0.2) is 42.6 Å². The third-order valence-corrected chi connectivity index (χ3v) is 8.12. The molecule has 0 atom stereocenters. The van der Waals surface area contributed by atoms with Crippen LogP contribution < -0.4 is 4.90 Å². The monoisotopic (exact) mass is 611 g/mol. The van der Waals surface area contributed by atoms with Crippen molar-refractivity contribution in [3.05, 3.63) is 69.7 Å². The number of piperazine rings is 1. The van der Waals surface area contributed by atoms with E-state index in [9.17, 15) is 31.4 Å².